The minimum Gasteiger partial charge on any atom is -0.486 e. The number of fused-ring (bicyclic) bond motifs is 1. The Hall–Kier alpha value is -2.86. The van der Waals surface area contributed by atoms with Gasteiger partial charge in [0.25, 0.3) is 5.91 Å². The highest BCUT2D eigenvalue weighted by molar-refractivity contribution is 7.93. The Morgan fingerprint density at radius 2 is 1.62 bits per heavy atom. The highest BCUT2D eigenvalue weighted by atomic mass is 32.2. The number of hydrogen-bond donors (Lipinski definition) is 1. The average molecular weight is 559 g/mol. The van der Waals surface area contributed by atoms with Crippen molar-refractivity contribution in [2.45, 2.75) is 66.9 Å². The van der Waals surface area contributed by atoms with Gasteiger partial charge in [0.05, 0.1) is 4.90 Å². The zero-order valence-electron chi connectivity index (χ0n) is 21.8. The molecule has 6 rings (SSSR count). The first-order valence-corrected chi connectivity index (χ1v) is 15.2. The van der Waals surface area contributed by atoms with Crippen LogP contribution in [0.3, 0.4) is 0 Å². The number of nitrogens with zero attached hydrogens (tertiary/aromatic N) is 1. The Balaban J connectivity index is 1.20. The van der Waals surface area contributed by atoms with Crippen LogP contribution in [0.1, 0.15) is 44.9 Å². The van der Waals surface area contributed by atoms with Gasteiger partial charge in [0.2, 0.25) is 0 Å². The SMILES string of the molecule is O=C(NOC1CCCCO1)C1(S(=O)(=O)c2ccc(Oc3ccc4c(c3)OCCO4)cc2)CCN(C2CC2)CC1. The van der Waals surface area contributed by atoms with E-state index in [1.54, 1.807) is 30.3 Å². The highest BCUT2D eigenvalue weighted by Crippen LogP contribution is 2.40. The Morgan fingerprint density at radius 1 is 0.897 bits per heavy atom. The lowest BCUT2D eigenvalue weighted by Gasteiger charge is -2.40. The third-order valence-electron chi connectivity index (χ3n) is 7.90. The Bertz CT molecular complexity index is 1280. The molecule has 1 aliphatic carbocycles. The molecular formula is C28H34N2O8S. The van der Waals surface area contributed by atoms with Gasteiger partial charge in [0, 0.05) is 38.2 Å². The predicted molar refractivity (Wildman–Crippen MR) is 141 cm³/mol. The highest BCUT2D eigenvalue weighted by Gasteiger charge is 2.54. The Labute approximate surface area is 228 Å². The molecule has 0 radical (unpaired) electrons. The van der Waals surface area contributed by atoms with Gasteiger partial charge in [0.15, 0.2) is 32.4 Å². The van der Waals surface area contributed by atoms with Crippen LogP contribution in [-0.2, 0) is 24.2 Å². The summed E-state index contributed by atoms with van der Waals surface area (Å²) in [6, 6.07) is 12.0. The van der Waals surface area contributed by atoms with E-state index in [1.807, 2.05) is 0 Å². The molecular weight excluding hydrogens is 524 g/mol. The second-order valence-electron chi connectivity index (χ2n) is 10.5. The summed E-state index contributed by atoms with van der Waals surface area (Å²) in [5.41, 5.74) is 2.46. The molecule has 10 nitrogen and oxygen atoms in total. The predicted octanol–water partition coefficient (Wildman–Crippen LogP) is 3.60. The van der Waals surface area contributed by atoms with Gasteiger partial charge in [-0.05, 0) is 74.9 Å². The fraction of sp³-hybridized carbons (Fsp3) is 0.536. The van der Waals surface area contributed by atoms with Crippen molar-refractivity contribution in [3.8, 4) is 23.0 Å². The van der Waals surface area contributed by atoms with Crippen molar-refractivity contribution in [2.24, 2.45) is 0 Å². The summed E-state index contributed by atoms with van der Waals surface area (Å²) in [6.45, 7) is 2.61. The topological polar surface area (TPSA) is 113 Å². The molecule has 1 saturated carbocycles. The van der Waals surface area contributed by atoms with Gasteiger partial charge < -0.3 is 23.8 Å². The third-order valence-corrected chi connectivity index (χ3v) is 10.4. The van der Waals surface area contributed by atoms with Crippen LogP contribution in [0.15, 0.2) is 47.4 Å². The number of nitrogens with one attached hydrogen (secondary N) is 1. The Kier molecular flexibility index (Phi) is 7.41. The first kappa shape index (κ1) is 26.4. The number of carbonyl (C=O) groups excluding carboxylic acids is 1. The van der Waals surface area contributed by atoms with Crippen LogP contribution in [0.4, 0.5) is 0 Å². The number of rotatable bonds is 8. The number of sulfone groups is 1. The Morgan fingerprint density at radius 3 is 2.31 bits per heavy atom. The molecule has 0 bridgehead atoms. The molecule has 1 amide bonds. The van der Waals surface area contributed by atoms with E-state index in [0.29, 0.717) is 68.4 Å². The van der Waals surface area contributed by atoms with Gasteiger partial charge in [-0.3, -0.25) is 4.79 Å². The molecule has 1 N–H and O–H groups in total. The summed E-state index contributed by atoms with van der Waals surface area (Å²) in [7, 11) is -4.06. The van der Waals surface area contributed by atoms with E-state index in [2.05, 4.69) is 10.4 Å². The van der Waals surface area contributed by atoms with Crippen molar-refractivity contribution in [1.29, 1.82) is 0 Å². The van der Waals surface area contributed by atoms with Crippen molar-refractivity contribution in [2.75, 3.05) is 32.9 Å². The molecule has 2 saturated heterocycles. The average Bonchev–Trinajstić information content (AvgIpc) is 3.82. The van der Waals surface area contributed by atoms with E-state index in [1.165, 1.54) is 12.1 Å². The standard InChI is InChI=1S/C28H34N2O8S/c31-27(29-38-26-3-1-2-16-36-26)28(12-14-30(15-13-28)20-4-5-20)39(32,33)23-9-6-21(7-10-23)37-22-8-11-24-25(19-22)35-18-17-34-24/h6-11,19-20,26H,1-5,12-18H2,(H,29,31). The number of benzene rings is 2. The smallest absolute Gasteiger partial charge is 0.265 e. The lowest BCUT2D eigenvalue weighted by Crippen LogP contribution is -2.58. The van der Waals surface area contributed by atoms with E-state index in [-0.39, 0.29) is 17.7 Å². The number of ether oxygens (including phenoxy) is 4. The van der Waals surface area contributed by atoms with Gasteiger partial charge in [-0.1, -0.05) is 0 Å². The minimum absolute atomic E-state index is 0.0703. The number of hydrogen-bond acceptors (Lipinski definition) is 9. The largest absolute Gasteiger partial charge is 0.486 e. The van der Waals surface area contributed by atoms with Crippen LogP contribution in [-0.4, -0.2) is 69.2 Å². The summed E-state index contributed by atoms with van der Waals surface area (Å²) >= 11 is 0. The van der Waals surface area contributed by atoms with Crippen molar-refractivity contribution >= 4 is 15.7 Å². The molecule has 1 unspecified atom stereocenters. The summed E-state index contributed by atoms with van der Waals surface area (Å²) in [6.07, 6.45) is 4.60. The second-order valence-corrected chi connectivity index (χ2v) is 12.7. The molecule has 3 aliphatic heterocycles. The molecule has 3 fully saturated rings. The molecule has 4 aliphatic rings. The van der Waals surface area contributed by atoms with Crippen LogP contribution in [0.25, 0.3) is 0 Å². The molecule has 3 heterocycles. The molecule has 39 heavy (non-hydrogen) atoms. The molecule has 210 valence electrons. The second kappa shape index (κ2) is 11.0. The van der Waals surface area contributed by atoms with Gasteiger partial charge in [-0.25, -0.2) is 18.7 Å². The summed E-state index contributed by atoms with van der Waals surface area (Å²) in [5.74, 6) is 1.63. The number of amides is 1. The van der Waals surface area contributed by atoms with Crippen molar-refractivity contribution in [3.63, 3.8) is 0 Å². The normalized spacial score (nSPS) is 23.1. The maximum atomic E-state index is 14.1. The molecule has 2 aromatic carbocycles. The zero-order valence-corrected chi connectivity index (χ0v) is 22.6. The molecule has 0 aromatic heterocycles. The molecule has 11 heteroatoms. The zero-order chi connectivity index (χ0) is 26.9. The minimum atomic E-state index is -4.06. The van der Waals surface area contributed by atoms with Crippen molar-refractivity contribution in [1.82, 2.24) is 10.4 Å². The van der Waals surface area contributed by atoms with Crippen LogP contribution in [0, 0.1) is 0 Å². The molecule has 1 atom stereocenters. The monoisotopic (exact) mass is 558 g/mol. The summed E-state index contributed by atoms with van der Waals surface area (Å²) in [5, 5.41) is 0. The molecule has 2 aromatic rings. The van der Waals surface area contributed by atoms with Crippen molar-refractivity contribution in [3.05, 3.63) is 42.5 Å². The van der Waals surface area contributed by atoms with Gasteiger partial charge >= 0.3 is 0 Å². The van der Waals surface area contributed by atoms with E-state index >= 15 is 0 Å². The van der Waals surface area contributed by atoms with Crippen LogP contribution in [0.2, 0.25) is 0 Å². The van der Waals surface area contributed by atoms with Crippen LogP contribution < -0.4 is 19.7 Å². The lowest BCUT2D eigenvalue weighted by atomic mass is 9.94. The quantitative estimate of drug-likeness (QED) is 0.486. The number of piperidine rings is 1. The summed E-state index contributed by atoms with van der Waals surface area (Å²) < 4.78 is 49.2. The maximum Gasteiger partial charge on any atom is 0.265 e. The van der Waals surface area contributed by atoms with E-state index in [0.717, 1.165) is 25.7 Å². The third kappa shape index (κ3) is 5.45. The fourth-order valence-electron chi connectivity index (χ4n) is 5.46. The number of carbonyl (C=O) groups is 1. The molecule has 0 spiro atoms. The summed E-state index contributed by atoms with van der Waals surface area (Å²) in [4.78, 5) is 21.4. The van der Waals surface area contributed by atoms with Crippen LogP contribution in [0.5, 0.6) is 23.0 Å². The van der Waals surface area contributed by atoms with Crippen molar-refractivity contribution < 1.29 is 37.0 Å². The van der Waals surface area contributed by atoms with E-state index in [9.17, 15) is 13.2 Å². The van der Waals surface area contributed by atoms with Gasteiger partial charge in [-0.2, -0.15) is 0 Å². The number of hydroxylamine groups is 1. The van der Waals surface area contributed by atoms with E-state index in [4.69, 9.17) is 23.8 Å². The van der Waals surface area contributed by atoms with Crippen LogP contribution >= 0.6 is 0 Å². The fourth-order valence-corrected chi connectivity index (χ4v) is 7.41. The first-order chi connectivity index (χ1) is 18.9. The first-order valence-electron chi connectivity index (χ1n) is 13.7. The lowest BCUT2D eigenvalue weighted by molar-refractivity contribution is -0.202. The van der Waals surface area contributed by atoms with Gasteiger partial charge in [-0.15, -0.1) is 0 Å². The number of likely N-dealkylation sites (tertiary alicyclic amines) is 1. The maximum absolute atomic E-state index is 14.1. The van der Waals surface area contributed by atoms with Gasteiger partial charge in [0.1, 0.15) is 24.7 Å². The van der Waals surface area contributed by atoms with E-state index < -0.39 is 26.8 Å².